The van der Waals surface area contributed by atoms with Crippen LogP contribution in [0.1, 0.15) is 12.8 Å². The summed E-state index contributed by atoms with van der Waals surface area (Å²) in [4.78, 5) is 0.427. The SMILES string of the molecule is Br[C@H]1CC[C@H]2CO[C@@H]1O2. The molecule has 0 unspecified atom stereocenters. The summed E-state index contributed by atoms with van der Waals surface area (Å²) in [5.41, 5.74) is 0. The average molecular weight is 193 g/mol. The van der Waals surface area contributed by atoms with Crippen molar-refractivity contribution in [2.45, 2.75) is 30.1 Å². The third kappa shape index (κ3) is 1.02. The highest BCUT2D eigenvalue weighted by molar-refractivity contribution is 9.09. The molecule has 0 aromatic carbocycles. The van der Waals surface area contributed by atoms with E-state index in [4.69, 9.17) is 9.47 Å². The predicted octanol–water partition coefficient (Wildman–Crippen LogP) is 1.29. The van der Waals surface area contributed by atoms with Gasteiger partial charge in [0.1, 0.15) is 0 Å². The van der Waals surface area contributed by atoms with E-state index in [1.807, 2.05) is 0 Å². The summed E-state index contributed by atoms with van der Waals surface area (Å²) < 4.78 is 10.8. The molecule has 0 aromatic heterocycles. The summed E-state index contributed by atoms with van der Waals surface area (Å²) in [5, 5.41) is 0. The van der Waals surface area contributed by atoms with E-state index in [0.717, 1.165) is 13.0 Å². The van der Waals surface area contributed by atoms with Crippen LogP contribution in [0.4, 0.5) is 0 Å². The van der Waals surface area contributed by atoms with Gasteiger partial charge in [-0.05, 0) is 12.8 Å². The quantitative estimate of drug-likeness (QED) is 0.539. The Balaban J connectivity index is 2.05. The van der Waals surface area contributed by atoms with Crippen LogP contribution in [0.25, 0.3) is 0 Å². The smallest absolute Gasteiger partial charge is 0.170 e. The number of fused-ring (bicyclic) bond motifs is 2. The molecule has 3 heteroatoms. The Morgan fingerprint density at radius 3 is 3.00 bits per heavy atom. The zero-order chi connectivity index (χ0) is 6.27. The van der Waals surface area contributed by atoms with Gasteiger partial charge in [0, 0.05) is 0 Å². The summed E-state index contributed by atoms with van der Waals surface area (Å²) >= 11 is 3.49. The third-order valence-corrected chi connectivity index (χ3v) is 2.72. The van der Waals surface area contributed by atoms with Gasteiger partial charge in [-0.3, -0.25) is 0 Å². The van der Waals surface area contributed by atoms with Gasteiger partial charge < -0.3 is 9.47 Å². The van der Waals surface area contributed by atoms with E-state index in [-0.39, 0.29) is 6.29 Å². The fourth-order valence-electron chi connectivity index (χ4n) is 1.29. The molecule has 0 aromatic rings. The lowest BCUT2D eigenvalue weighted by Crippen LogP contribution is -2.28. The second kappa shape index (κ2) is 2.22. The highest BCUT2D eigenvalue weighted by atomic mass is 79.9. The maximum Gasteiger partial charge on any atom is 0.170 e. The van der Waals surface area contributed by atoms with Crippen molar-refractivity contribution in [1.29, 1.82) is 0 Å². The molecule has 0 aliphatic carbocycles. The van der Waals surface area contributed by atoms with Gasteiger partial charge in [0.05, 0.1) is 17.5 Å². The standard InChI is InChI=1S/C6H9BrO2/c7-5-2-1-4-3-8-6(5)9-4/h4-6H,1-3H2/t4-,5-,6+/m0/s1. The van der Waals surface area contributed by atoms with E-state index in [1.165, 1.54) is 6.42 Å². The minimum atomic E-state index is 0.0451. The van der Waals surface area contributed by atoms with Gasteiger partial charge >= 0.3 is 0 Å². The van der Waals surface area contributed by atoms with Crippen LogP contribution in [-0.4, -0.2) is 23.8 Å². The van der Waals surface area contributed by atoms with Crippen LogP contribution in [0, 0.1) is 0 Å². The van der Waals surface area contributed by atoms with Crippen molar-refractivity contribution in [1.82, 2.24) is 0 Å². The molecular formula is C6H9BrO2. The second-order valence-electron chi connectivity index (χ2n) is 2.55. The Labute approximate surface area is 62.6 Å². The lowest BCUT2D eigenvalue weighted by atomic mass is 10.1. The van der Waals surface area contributed by atoms with Gasteiger partial charge in [-0.2, -0.15) is 0 Å². The molecule has 9 heavy (non-hydrogen) atoms. The maximum atomic E-state index is 5.44. The monoisotopic (exact) mass is 192 g/mol. The maximum absolute atomic E-state index is 5.44. The van der Waals surface area contributed by atoms with E-state index < -0.39 is 0 Å². The molecule has 2 aliphatic heterocycles. The largest absolute Gasteiger partial charge is 0.349 e. The molecule has 2 aliphatic rings. The first kappa shape index (κ1) is 6.13. The van der Waals surface area contributed by atoms with Gasteiger partial charge in [0.25, 0.3) is 0 Å². The van der Waals surface area contributed by atoms with Crippen molar-refractivity contribution in [3.05, 3.63) is 0 Å². The van der Waals surface area contributed by atoms with Crippen LogP contribution < -0.4 is 0 Å². The zero-order valence-corrected chi connectivity index (χ0v) is 6.63. The lowest BCUT2D eigenvalue weighted by molar-refractivity contribution is -0.0750. The second-order valence-corrected chi connectivity index (χ2v) is 3.73. The van der Waals surface area contributed by atoms with Crippen molar-refractivity contribution < 1.29 is 9.47 Å². The zero-order valence-electron chi connectivity index (χ0n) is 5.05. The number of hydrogen-bond acceptors (Lipinski definition) is 2. The molecule has 2 saturated heterocycles. The highest BCUT2D eigenvalue weighted by Gasteiger charge is 2.36. The molecule has 0 radical (unpaired) electrons. The van der Waals surface area contributed by atoms with Gasteiger partial charge in [-0.25, -0.2) is 0 Å². The molecule has 52 valence electrons. The summed E-state index contributed by atoms with van der Waals surface area (Å²) in [6.07, 6.45) is 2.77. The van der Waals surface area contributed by atoms with E-state index >= 15 is 0 Å². The number of halogens is 1. The van der Waals surface area contributed by atoms with E-state index in [2.05, 4.69) is 15.9 Å². The number of ether oxygens (including phenoxy) is 2. The fourth-order valence-corrected chi connectivity index (χ4v) is 1.83. The van der Waals surface area contributed by atoms with Crippen LogP contribution in [0.5, 0.6) is 0 Å². The summed E-state index contributed by atoms with van der Waals surface area (Å²) in [6, 6.07) is 0. The minimum absolute atomic E-state index is 0.0451. The van der Waals surface area contributed by atoms with E-state index in [0.29, 0.717) is 10.9 Å². The molecule has 0 N–H and O–H groups in total. The molecule has 2 nitrogen and oxygen atoms in total. The Hall–Kier alpha value is 0.400. The van der Waals surface area contributed by atoms with Gasteiger partial charge in [0.2, 0.25) is 0 Å². The predicted molar refractivity (Wildman–Crippen MR) is 36.6 cm³/mol. The van der Waals surface area contributed by atoms with Crippen LogP contribution in [0.15, 0.2) is 0 Å². The van der Waals surface area contributed by atoms with Crippen molar-refractivity contribution in [2.24, 2.45) is 0 Å². The van der Waals surface area contributed by atoms with Crippen LogP contribution >= 0.6 is 15.9 Å². The molecule has 0 saturated carbocycles. The minimum Gasteiger partial charge on any atom is -0.349 e. The molecule has 3 atom stereocenters. The number of rotatable bonds is 0. The van der Waals surface area contributed by atoms with Gasteiger partial charge in [-0.1, -0.05) is 15.9 Å². The summed E-state index contributed by atoms with van der Waals surface area (Å²) in [7, 11) is 0. The van der Waals surface area contributed by atoms with Crippen molar-refractivity contribution in [2.75, 3.05) is 6.61 Å². The molecule has 2 fully saturated rings. The molecule has 0 spiro atoms. The molecule has 0 amide bonds. The Kier molecular flexibility index (Phi) is 1.51. The normalized spacial score (nSPS) is 49.7. The first-order chi connectivity index (χ1) is 4.36. The Bertz CT molecular complexity index is 118. The first-order valence-electron chi connectivity index (χ1n) is 3.27. The van der Waals surface area contributed by atoms with Crippen LogP contribution in [-0.2, 0) is 9.47 Å². The van der Waals surface area contributed by atoms with Crippen LogP contribution in [0.2, 0.25) is 0 Å². The summed E-state index contributed by atoms with van der Waals surface area (Å²) in [5.74, 6) is 0. The molecular weight excluding hydrogens is 184 g/mol. The fraction of sp³-hybridized carbons (Fsp3) is 1.00. The Morgan fingerprint density at radius 2 is 2.22 bits per heavy atom. The van der Waals surface area contributed by atoms with Gasteiger partial charge in [-0.15, -0.1) is 0 Å². The van der Waals surface area contributed by atoms with Crippen molar-refractivity contribution in [3.8, 4) is 0 Å². The lowest BCUT2D eigenvalue weighted by Gasteiger charge is -2.22. The van der Waals surface area contributed by atoms with E-state index in [9.17, 15) is 0 Å². The molecule has 2 rings (SSSR count). The molecule has 2 heterocycles. The van der Waals surface area contributed by atoms with Crippen molar-refractivity contribution in [3.63, 3.8) is 0 Å². The number of alkyl halides is 1. The summed E-state index contributed by atoms with van der Waals surface area (Å²) in [6.45, 7) is 0.798. The van der Waals surface area contributed by atoms with Crippen LogP contribution in [0.3, 0.4) is 0 Å². The molecule has 2 bridgehead atoms. The number of hydrogen-bond donors (Lipinski definition) is 0. The highest BCUT2D eigenvalue weighted by Crippen LogP contribution is 2.31. The topological polar surface area (TPSA) is 18.5 Å². The average Bonchev–Trinajstić information content (AvgIpc) is 2.25. The first-order valence-corrected chi connectivity index (χ1v) is 4.19. The van der Waals surface area contributed by atoms with Crippen molar-refractivity contribution >= 4 is 15.9 Å². The van der Waals surface area contributed by atoms with E-state index in [1.54, 1.807) is 0 Å². The third-order valence-electron chi connectivity index (χ3n) is 1.83. The Morgan fingerprint density at radius 1 is 1.33 bits per heavy atom. The van der Waals surface area contributed by atoms with Gasteiger partial charge in [0.15, 0.2) is 6.29 Å².